The molecule has 0 bridgehead atoms. The van der Waals surface area contributed by atoms with Crippen molar-refractivity contribution in [2.75, 3.05) is 6.54 Å². The molecule has 1 saturated heterocycles. The molecule has 1 N–H and O–H groups in total. The van der Waals surface area contributed by atoms with Gasteiger partial charge in [0.15, 0.2) is 0 Å². The van der Waals surface area contributed by atoms with Crippen molar-refractivity contribution >= 4 is 11.8 Å². The molecule has 1 atom stereocenters. The van der Waals surface area contributed by atoms with Gasteiger partial charge in [-0.05, 0) is 44.9 Å². The number of hydrogen-bond donors (Lipinski definition) is 1. The van der Waals surface area contributed by atoms with Crippen molar-refractivity contribution in [1.29, 1.82) is 0 Å². The molecule has 2 amide bonds. The lowest BCUT2D eigenvalue weighted by atomic mass is 10.1. The molecule has 0 radical (unpaired) electrons. The molecule has 0 aliphatic carbocycles. The summed E-state index contributed by atoms with van der Waals surface area (Å²) in [5, 5.41) is 2.94. The van der Waals surface area contributed by atoms with Crippen LogP contribution in [0.15, 0.2) is 36.5 Å². The Bertz CT molecular complexity index is 859. The summed E-state index contributed by atoms with van der Waals surface area (Å²) in [5.74, 6) is 0.873. The van der Waals surface area contributed by atoms with Crippen LogP contribution in [0.3, 0.4) is 0 Å². The quantitative estimate of drug-likeness (QED) is 0.833. The average Bonchev–Trinajstić information content (AvgIpc) is 3.06. The molecule has 2 heterocycles. The van der Waals surface area contributed by atoms with Crippen molar-refractivity contribution in [2.45, 2.75) is 46.7 Å². The van der Waals surface area contributed by atoms with Crippen LogP contribution >= 0.6 is 0 Å². The molecule has 28 heavy (non-hydrogen) atoms. The highest BCUT2D eigenvalue weighted by Gasteiger charge is 2.35. The van der Waals surface area contributed by atoms with Crippen LogP contribution in [0.1, 0.15) is 37.0 Å². The highest BCUT2D eigenvalue weighted by atomic mass is 16.5. The highest BCUT2D eigenvalue weighted by Crippen LogP contribution is 2.29. The number of aromatic nitrogens is 1. The van der Waals surface area contributed by atoms with Crippen molar-refractivity contribution in [1.82, 2.24) is 15.2 Å². The maximum atomic E-state index is 12.6. The molecule has 3 rings (SSSR count). The van der Waals surface area contributed by atoms with Gasteiger partial charge in [-0.2, -0.15) is 0 Å². The van der Waals surface area contributed by atoms with Gasteiger partial charge in [0.2, 0.25) is 17.7 Å². The molecule has 1 unspecified atom stereocenters. The SMILES string of the molecule is Cc1cccc(C)c1Oc1ncccc1CNC(=O)C1CC(=O)N(C(C)C)C1. The summed E-state index contributed by atoms with van der Waals surface area (Å²) in [4.78, 5) is 30.7. The smallest absolute Gasteiger partial charge is 0.225 e. The second-order valence-corrected chi connectivity index (χ2v) is 7.55. The van der Waals surface area contributed by atoms with Gasteiger partial charge in [-0.1, -0.05) is 24.3 Å². The Kier molecular flexibility index (Phi) is 5.97. The second kappa shape index (κ2) is 8.42. The first-order chi connectivity index (χ1) is 13.4. The van der Waals surface area contributed by atoms with Crippen molar-refractivity contribution in [3.63, 3.8) is 0 Å². The molecule has 1 aliphatic heterocycles. The zero-order chi connectivity index (χ0) is 20.3. The number of nitrogens with one attached hydrogen (secondary N) is 1. The zero-order valence-electron chi connectivity index (χ0n) is 16.9. The van der Waals surface area contributed by atoms with Crippen LogP contribution < -0.4 is 10.1 Å². The van der Waals surface area contributed by atoms with E-state index in [2.05, 4.69) is 10.3 Å². The summed E-state index contributed by atoms with van der Waals surface area (Å²) in [5.41, 5.74) is 2.85. The number of benzene rings is 1. The molecule has 2 aromatic rings. The van der Waals surface area contributed by atoms with E-state index in [-0.39, 0.29) is 30.2 Å². The minimum Gasteiger partial charge on any atom is -0.438 e. The van der Waals surface area contributed by atoms with Gasteiger partial charge >= 0.3 is 0 Å². The summed E-state index contributed by atoms with van der Waals surface area (Å²) >= 11 is 0. The van der Waals surface area contributed by atoms with E-state index in [1.165, 1.54) is 0 Å². The van der Waals surface area contributed by atoms with E-state index in [0.29, 0.717) is 19.0 Å². The van der Waals surface area contributed by atoms with Crippen LogP contribution in [0.25, 0.3) is 0 Å². The molecular weight excluding hydrogens is 354 g/mol. The van der Waals surface area contributed by atoms with Gasteiger partial charge in [-0.25, -0.2) is 4.98 Å². The number of para-hydroxylation sites is 1. The fraction of sp³-hybridized carbons (Fsp3) is 0.409. The number of ether oxygens (including phenoxy) is 1. The lowest BCUT2D eigenvalue weighted by Gasteiger charge is -2.20. The van der Waals surface area contributed by atoms with E-state index in [0.717, 1.165) is 22.4 Å². The van der Waals surface area contributed by atoms with E-state index >= 15 is 0 Å². The maximum absolute atomic E-state index is 12.6. The predicted octanol–water partition coefficient (Wildman–Crippen LogP) is 3.36. The summed E-state index contributed by atoms with van der Waals surface area (Å²) in [6.45, 7) is 8.69. The van der Waals surface area contributed by atoms with Crippen LogP contribution in [0, 0.1) is 19.8 Å². The number of carbonyl (C=O) groups excluding carboxylic acids is 2. The van der Waals surface area contributed by atoms with E-state index in [9.17, 15) is 9.59 Å². The Morgan fingerprint density at radius 3 is 2.61 bits per heavy atom. The highest BCUT2D eigenvalue weighted by molar-refractivity contribution is 5.89. The number of likely N-dealkylation sites (tertiary alicyclic amines) is 1. The molecular formula is C22H27N3O3. The van der Waals surface area contributed by atoms with Gasteiger partial charge in [0.05, 0.1) is 5.92 Å². The first-order valence-corrected chi connectivity index (χ1v) is 9.62. The molecule has 1 fully saturated rings. The second-order valence-electron chi connectivity index (χ2n) is 7.55. The monoisotopic (exact) mass is 381 g/mol. The summed E-state index contributed by atoms with van der Waals surface area (Å²) in [6, 6.07) is 9.78. The molecule has 1 aromatic heterocycles. The number of hydrogen-bond acceptors (Lipinski definition) is 4. The first-order valence-electron chi connectivity index (χ1n) is 9.62. The average molecular weight is 381 g/mol. The third kappa shape index (κ3) is 4.32. The van der Waals surface area contributed by atoms with Gasteiger partial charge in [0.25, 0.3) is 0 Å². The molecule has 1 aromatic carbocycles. The lowest BCUT2D eigenvalue weighted by molar-refractivity contribution is -0.130. The van der Waals surface area contributed by atoms with Gasteiger partial charge < -0.3 is 15.0 Å². The van der Waals surface area contributed by atoms with E-state index < -0.39 is 0 Å². The fourth-order valence-corrected chi connectivity index (χ4v) is 3.44. The Morgan fingerprint density at radius 2 is 1.96 bits per heavy atom. The van der Waals surface area contributed by atoms with Crippen molar-refractivity contribution in [3.8, 4) is 11.6 Å². The van der Waals surface area contributed by atoms with Gasteiger partial charge in [-0.3, -0.25) is 9.59 Å². The van der Waals surface area contributed by atoms with Crippen molar-refractivity contribution in [2.24, 2.45) is 5.92 Å². The first kappa shape index (κ1) is 19.9. The molecule has 6 heteroatoms. The van der Waals surface area contributed by atoms with Gasteiger partial charge in [-0.15, -0.1) is 0 Å². The van der Waals surface area contributed by atoms with Crippen LogP contribution in [-0.4, -0.2) is 34.3 Å². The number of aryl methyl sites for hydroxylation is 2. The lowest BCUT2D eigenvalue weighted by Crippen LogP contribution is -2.35. The normalized spacial score (nSPS) is 16.5. The Labute approximate surface area is 165 Å². The van der Waals surface area contributed by atoms with Crippen molar-refractivity contribution < 1.29 is 14.3 Å². The topological polar surface area (TPSA) is 71.5 Å². The minimum absolute atomic E-state index is 0.0376. The Morgan fingerprint density at radius 1 is 1.25 bits per heavy atom. The van der Waals surface area contributed by atoms with Crippen LogP contribution in [-0.2, 0) is 16.1 Å². The zero-order valence-corrected chi connectivity index (χ0v) is 16.9. The van der Waals surface area contributed by atoms with Gasteiger partial charge in [0.1, 0.15) is 5.75 Å². The van der Waals surface area contributed by atoms with Gasteiger partial charge in [0, 0.05) is 37.3 Å². The summed E-state index contributed by atoms with van der Waals surface area (Å²) in [6.07, 6.45) is 1.94. The van der Waals surface area contributed by atoms with E-state index in [1.807, 2.05) is 58.0 Å². The number of rotatable bonds is 6. The molecule has 0 spiro atoms. The maximum Gasteiger partial charge on any atom is 0.225 e. The molecule has 0 saturated carbocycles. The van der Waals surface area contributed by atoms with Crippen molar-refractivity contribution in [3.05, 3.63) is 53.2 Å². The Hall–Kier alpha value is -2.89. The van der Waals surface area contributed by atoms with Crippen LogP contribution in [0.2, 0.25) is 0 Å². The fourth-order valence-electron chi connectivity index (χ4n) is 3.44. The van der Waals surface area contributed by atoms with E-state index in [4.69, 9.17) is 4.74 Å². The Balaban J connectivity index is 1.67. The third-order valence-electron chi connectivity index (χ3n) is 5.06. The van der Waals surface area contributed by atoms with E-state index in [1.54, 1.807) is 11.1 Å². The minimum atomic E-state index is -0.311. The molecule has 148 valence electrons. The number of carbonyl (C=O) groups is 2. The number of nitrogens with zero attached hydrogens (tertiary/aromatic N) is 2. The van der Waals surface area contributed by atoms with Crippen LogP contribution in [0.4, 0.5) is 0 Å². The van der Waals surface area contributed by atoms with Crippen LogP contribution in [0.5, 0.6) is 11.6 Å². The predicted molar refractivity (Wildman–Crippen MR) is 107 cm³/mol. The number of amides is 2. The largest absolute Gasteiger partial charge is 0.438 e. The standard InChI is InChI=1S/C22H27N3O3/c1-14(2)25-13-18(11-19(25)26)21(27)24-12-17-9-6-10-23-22(17)28-20-15(3)7-5-8-16(20)4/h5-10,14,18H,11-13H2,1-4H3,(H,24,27). The summed E-state index contributed by atoms with van der Waals surface area (Å²) in [7, 11) is 0. The molecule has 6 nitrogen and oxygen atoms in total. The number of pyridine rings is 1. The molecule has 1 aliphatic rings. The third-order valence-corrected chi connectivity index (χ3v) is 5.06. The summed E-state index contributed by atoms with van der Waals surface area (Å²) < 4.78 is 6.07.